The fourth-order valence-electron chi connectivity index (χ4n) is 1.48. The summed E-state index contributed by atoms with van der Waals surface area (Å²) in [4.78, 5) is 3.28. The van der Waals surface area contributed by atoms with E-state index < -0.39 is 0 Å². The topological polar surface area (TPSA) is 3.24 Å². The largest absolute Gasteiger partial charge is 0.369 e. The van der Waals surface area contributed by atoms with Crippen LogP contribution in [0.4, 0.5) is 10.1 Å². The first-order chi connectivity index (χ1) is 7.65. The monoisotopic (exact) mass is 299 g/mol. The minimum absolute atomic E-state index is 0.197. The Labute approximate surface area is 107 Å². The summed E-state index contributed by atoms with van der Waals surface area (Å²) in [5, 5.41) is 0. The summed E-state index contributed by atoms with van der Waals surface area (Å²) in [7, 11) is 1.96. The van der Waals surface area contributed by atoms with Crippen molar-refractivity contribution in [3.05, 3.63) is 50.9 Å². The van der Waals surface area contributed by atoms with Gasteiger partial charge in [0, 0.05) is 17.6 Å². The van der Waals surface area contributed by atoms with Gasteiger partial charge in [0.05, 0.1) is 10.3 Å². The smallest absolute Gasteiger partial charge is 0.125 e. The predicted molar refractivity (Wildman–Crippen MR) is 70.5 cm³/mol. The first kappa shape index (κ1) is 11.6. The van der Waals surface area contributed by atoms with Gasteiger partial charge in [0.15, 0.2) is 0 Å². The molecule has 1 nitrogen and oxygen atoms in total. The number of thiophene rings is 1. The van der Waals surface area contributed by atoms with Crippen molar-refractivity contribution in [1.82, 2.24) is 0 Å². The summed E-state index contributed by atoms with van der Waals surface area (Å²) in [6, 6.07) is 10.7. The molecule has 1 heterocycles. The highest BCUT2D eigenvalue weighted by Gasteiger charge is 2.04. The Morgan fingerprint density at radius 1 is 1.31 bits per heavy atom. The molecular weight excluding hydrogens is 289 g/mol. The Morgan fingerprint density at radius 2 is 2.12 bits per heavy atom. The van der Waals surface area contributed by atoms with Crippen LogP contribution in [0.5, 0.6) is 0 Å². The average Bonchev–Trinajstić information content (AvgIpc) is 2.64. The minimum atomic E-state index is -0.197. The molecule has 4 heteroatoms. The normalized spacial score (nSPS) is 10.4. The average molecular weight is 300 g/mol. The molecule has 0 aliphatic rings. The number of rotatable bonds is 3. The third-order valence-electron chi connectivity index (χ3n) is 2.27. The first-order valence-corrected chi connectivity index (χ1v) is 6.47. The van der Waals surface area contributed by atoms with Gasteiger partial charge in [-0.3, -0.25) is 0 Å². The van der Waals surface area contributed by atoms with Crippen LogP contribution < -0.4 is 4.90 Å². The van der Waals surface area contributed by atoms with Gasteiger partial charge in [-0.15, -0.1) is 11.3 Å². The number of benzene rings is 1. The summed E-state index contributed by atoms with van der Waals surface area (Å²) in [6.45, 7) is 0.791. The molecule has 16 heavy (non-hydrogen) atoms. The Morgan fingerprint density at radius 3 is 2.75 bits per heavy atom. The second-order valence-corrected chi connectivity index (χ2v) is 6.09. The van der Waals surface area contributed by atoms with Gasteiger partial charge in [-0.2, -0.15) is 0 Å². The highest BCUT2D eigenvalue weighted by atomic mass is 79.9. The number of anilines is 1. The molecular formula is C12H11BrFNS. The van der Waals surface area contributed by atoms with E-state index in [9.17, 15) is 4.39 Å². The molecule has 0 aliphatic carbocycles. The van der Waals surface area contributed by atoms with E-state index in [-0.39, 0.29) is 5.82 Å². The molecule has 0 unspecified atom stereocenters. The minimum Gasteiger partial charge on any atom is -0.369 e. The molecule has 2 rings (SSSR count). The van der Waals surface area contributed by atoms with E-state index in [2.05, 4.69) is 22.0 Å². The standard InChI is InChI=1S/C12H11BrFNS/c1-15(8-11-5-6-12(13)16-11)10-4-2-3-9(14)7-10/h2-7H,8H2,1H3. The molecule has 84 valence electrons. The SMILES string of the molecule is CN(Cc1ccc(Br)s1)c1cccc(F)c1. The molecule has 0 amide bonds. The molecule has 0 saturated carbocycles. The quantitative estimate of drug-likeness (QED) is 0.817. The predicted octanol–water partition coefficient (Wildman–Crippen LogP) is 4.29. The van der Waals surface area contributed by atoms with Crippen LogP contribution in [0.1, 0.15) is 4.88 Å². The number of hydrogen-bond donors (Lipinski definition) is 0. The van der Waals surface area contributed by atoms with E-state index in [1.807, 2.05) is 24.1 Å². The second-order valence-electron chi connectivity index (χ2n) is 3.54. The Kier molecular flexibility index (Phi) is 3.61. The van der Waals surface area contributed by atoms with Crippen molar-refractivity contribution in [3.8, 4) is 0 Å². The highest BCUT2D eigenvalue weighted by molar-refractivity contribution is 9.11. The Bertz CT molecular complexity index is 483. The molecule has 1 aromatic carbocycles. The molecule has 0 N–H and O–H groups in total. The van der Waals surface area contributed by atoms with E-state index >= 15 is 0 Å². The summed E-state index contributed by atoms with van der Waals surface area (Å²) >= 11 is 5.13. The lowest BCUT2D eigenvalue weighted by molar-refractivity contribution is 0.627. The maximum absolute atomic E-state index is 13.0. The molecule has 0 fully saturated rings. The van der Waals surface area contributed by atoms with Crippen LogP contribution in [0.25, 0.3) is 0 Å². The van der Waals surface area contributed by atoms with Crippen molar-refractivity contribution >= 4 is 33.0 Å². The van der Waals surface area contributed by atoms with Crippen LogP contribution >= 0.6 is 27.3 Å². The summed E-state index contributed by atoms with van der Waals surface area (Å²) in [6.07, 6.45) is 0. The van der Waals surface area contributed by atoms with Crippen LogP contribution in [-0.2, 0) is 6.54 Å². The molecule has 0 atom stereocenters. The third-order valence-corrected chi connectivity index (χ3v) is 3.88. The van der Waals surface area contributed by atoms with Crippen molar-refractivity contribution < 1.29 is 4.39 Å². The summed E-state index contributed by atoms with van der Waals surface area (Å²) in [5.41, 5.74) is 0.893. The zero-order chi connectivity index (χ0) is 11.5. The Hall–Kier alpha value is -0.870. The van der Waals surface area contributed by atoms with Gasteiger partial charge in [0.2, 0.25) is 0 Å². The number of halogens is 2. The van der Waals surface area contributed by atoms with E-state index in [0.29, 0.717) is 0 Å². The van der Waals surface area contributed by atoms with E-state index in [1.54, 1.807) is 23.5 Å². The lowest BCUT2D eigenvalue weighted by atomic mass is 10.3. The lowest BCUT2D eigenvalue weighted by Gasteiger charge is -2.18. The highest BCUT2D eigenvalue weighted by Crippen LogP contribution is 2.24. The van der Waals surface area contributed by atoms with E-state index in [0.717, 1.165) is 16.0 Å². The molecule has 1 aromatic heterocycles. The number of hydrogen-bond acceptors (Lipinski definition) is 2. The summed E-state index contributed by atoms with van der Waals surface area (Å²) in [5.74, 6) is -0.197. The Balaban J connectivity index is 2.11. The molecule has 0 spiro atoms. The van der Waals surface area contributed by atoms with Crippen LogP contribution in [0.2, 0.25) is 0 Å². The van der Waals surface area contributed by atoms with Crippen LogP contribution in [0.3, 0.4) is 0 Å². The molecule has 2 aromatic rings. The third kappa shape index (κ3) is 2.83. The van der Waals surface area contributed by atoms with E-state index in [4.69, 9.17) is 0 Å². The van der Waals surface area contributed by atoms with Gasteiger partial charge in [0.1, 0.15) is 5.82 Å². The van der Waals surface area contributed by atoms with Crippen LogP contribution in [0, 0.1) is 5.82 Å². The molecule has 0 bridgehead atoms. The van der Waals surface area contributed by atoms with Crippen LogP contribution in [-0.4, -0.2) is 7.05 Å². The van der Waals surface area contributed by atoms with Gasteiger partial charge >= 0.3 is 0 Å². The van der Waals surface area contributed by atoms with Gasteiger partial charge in [0.25, 0.3) is 0 Å². The van der Waals surface area contributed by atoms with E-state index in [1.165, 1.54) is 10.9 Å². The van der Waals surface area contributed by atoms with Gasteiger partial charge < -0.3 is 4.90 Å². The van der Waals surface area contributed by atoms with Gasteiger partial charge in [-0.1, -0.05) is 6.07 Å². The van der Waals surface area contributed by atoms with Crippen molar-refractivity contribution in [1.29, 1.82) is 0 Å². The second kappa shape index (κ2) is 4.97. The first-order valence-electron chi connectivity index (χ1n) is 4.86. The molecule has 0 radical (unpaired) electrons. The zero-order valence-corrected chi connectivity index (χ0v) is 11.2. The zero-order valence-electron chi connectivity index (χ0n) is 8.78. The lowest BCUT2D eigenvalue weighted by Crippen LogP contribution is -2.15. The maximum atomic E-state index is 13.0. The fourth-order valence-corrected chi connectivity index (χ4v) is 3.01. The van der Waals surface area contributed by atoms with Crippen LogP contribution in [0.15, 0.2) is 40.2 Å². The van der Waals surface area contributed by atoms with Crippen molar-refractivity contribution in [2.45, 2.75) is 6.54 Å². The van der Waals surface area contributed by atoms with Crippen molar-refractivity contribution in [3.63, 3.8) is 0 Å². The number of nitrogens with zero attached hydrogens (tertiary/aromatic N) is 1. The summed E-state index contributed by atoms with van der Waals surface area (Å²) < 4.78 is 14.2. The molecule has 0 saturated heterocycles. The van der Waals surface area contributed by atoms with Crippen molar-refractivity contribution in [2.75, 3.05) is 11.9 Å². The van der Waals surface area contributed by atoms with Crippen molar-refractivity contribution in [2.24, 2.45) is 0 Å². The molecule has 0 aliphatic heterocycles. The fraction of sp³-hybridized carbons (Fsp3) is 0.167. The van der Waals surface area contributed by atoms with Gasteiger partial charge in [-0.25, -0.2) is 4.39 Å². The maximum Gasteiger partial charge on any atom is 0.125 e. The van der Waals surface area contributed by atoms with Gasteiger partial charge in [-0.05, 0) is 46.3 Å².